The van der Waals surface area contributed by atoms with Crippen molar-refractivity contribution in [1.29, 1.82) is 0 Å². The third-order valence-electron chi connectivity index (χ3n) is 16.1. The molecule has 3 aromatic heterocycles. The molecule has 2 aliphatic rings. The fourth-order valence-electron chi connectivity index (χ4n) is 11.1. The van der Waals surface area contributed by atoms with Crippen LogP contribution in [0.15, 0.2) is 153 Å². The average Bonchev–Trinajstić information content (AvgIpc) is 1.64. The molecule has 0 radical (unpaired) electrons. The number of halogens is 1. The van der Waals surface area contributed by atoms with Gasteiger partial charge in [0.25, 0.3) is 11.1 Å². The van der Waals surface area contributed by atoms with Crippen LogP contribution in [0.3, 0.4) is 0 Å². The number of nitrogens with zero attached hydrogens (tertiary/aromatic N) is 5. The van der Waals surface area contributed by atoms with E-state index in [0.29, 0.717) is 33.6 Å². The number of fused-ring (bicyclic) bond motifs is 1. The summed E-state index contributed by atoms with van der Waals surface area (Å²) in [4.78, 5) is 61.1. The smallest absolute Gasteiger partial charge is 0.497 e. The van der Waals surface area contributed by atoms with Gasteiger partial charge in [-0.3, -0.25) is 32.8 Å². The predicted octanol–water partition coefficient (Wildman–Crippen LogP) is 5.90. The molecule has 0 aliphatic carbocycles. The molecule has 9 atom stereocenters. The van der Waals surface area contributed by atoms with Gasteiger partial charge in [0.05, 0.1) is 98.5 Å². The third kappa shape index (κ3) is 20.0. The number of hydrogen-bond donors (Lipinski definition) is 0. The molecule has 0 N–H and O–H groups in total. The topological polar surface area (TPSA) is 312 Å². The predicted molar refractivity (Wildman–Crippen MR) is 360 cm³/mol. The van der Waals surface area contributed by atoms with Gasteiger partial charge in [-0.15, -0.1) is 0 Å². The van der Waals surface area contributed by atoms with Gasteiger partial charge in [0.15, 0.2) is 18.2 Å². The third-order valence-corrected chi connectivity index (χ3v) is 17.8. The summed E-state index contributed by atoms with van der Waals surface area (Å²) in [6.45, 7) is -2.52. The van der Waals surface area contributed by atoms with E-state index in [2.05, 4.69) is 4.98 Å². The number of phosphoric acid groups is 1. The van der Waals surface area contributed by atoms with Gasteiger partial charge >= 0.3 is 19.2 Å². The average molecular weight is 1450 g/mol. The van der Waals surface area contributed by atoms with Crippen LogP contribution in [0.4, 0.5) is 0 Å². The second kappa shape index (κ2) is 39.5. The Morgan fingerprint density at radius 1 is 0.495 bits per heavy atom. The summed E-state index contributed by atoms with van der Waals surface area (Å²) in [5, 5.41) is 0.638. The van der Waals surface area contributed by atoms with Crippen LogP contribution < -0.4 is 36.5 Å². The van der Waals surface area contributed by atoms with Gasteiger partial charge in [-0.25, -0.2) is 23.3 Å². The Morgan fingerprint density at radius 3 is 1.44 bits per heavy atom. The van der Waals surface area contributed by atoms with Crippen molar-refractivity contribution < 1.29 is 103 Å². The van der Waals surface area contributed by atoms with Crippen LogP contribution in [-0.4, -0.2) is 209 Å². The molecule has 2 saturated heterocycles. The van der Waals surface area contributed by atoms with Crippen LogP contribution in [0, 0.1) is 0 Å². The Labute approximate surface area is 586 Å². The van der Waals surface area contributed by atoms with Crippen molar-refractivity contribution in [2.45, 2.75) is 68.1 Å². The molecular formula is C68H85ClN5O26P. The van der Waals surface area contributed by atoms with Crippen molar-refractivity contribution >= 4 is 30.3 Å². The summed E-state index contributed by atoms with van der Waals surface area (Å²) in [5.41, 5.74) is -2.80. The Kier molecular flexibility index (Phi) is 30.5. The summed E-state index contributed by atoms with van der Waals surface area (Å²) in [7, 11) is 5.09. The van der Waals surface area contributed by atoms with Gasteiger partial charge in [-0.2, -0.15) is 0 Å². The zero-order valence-electron chi connectivity index (χ0n) is 57.0. The first-order chi connectivity index (χ1) is 49.3. The normalized spacial score (nSPS) is 19.8. The standard InChI is InChI=1S/C68H85ClN5O26P/c1-80-30-35-87-42-73-57(75)25-28-71(66(73)77)64-62(93-45-90-38-33-83-4)60(92-44-89-37-32-82-3)56(98-64)41-96-101(79,99-54-24-23-53(69)52-14-11-27-70-59(52)54)100-61-55(97-65(63(61)94-46-91-39-34-84-5)72-29-26-58(76)74(67(72)78)43-88-36-31-81-2)40-95-68(47-12-9-8-10-13-47,48-15-19-50(85-6)20-16-48)49-17-21-51(86-7)22-18-49/h8-29,55-56,60-65H,30-46H2,1-7H3/t55-,56-,60-,61-,62-,63-,64-,65-,101?/m1/s1. The highest BCUT2D eigenvalue weighted by atomic mass is 35.5. The highest BCUT2D eigenvalue weighted by Crippen LogP contribution is 2.56. The minimum Gasteiger partial charge on any atom is -0.497 e. The van der Waals surface area contributed by atoms with Gasteiger partial charge in [-0.1, -0.05) is 66.2 Å². The molecule has 2 aliphatic heterocycles. The molecule has 9 rings (SSSR count). The molecule has 1 unspecified atom stereocenters. The Morgan fingerprint density at radius 2 is 0.950 bits per heavy atom. The van der Waals surface area contributed by atoms with Crippen LogP contribution >= 0.6 is 19.4 Å². The van der Waals surface area contributed by atoms with E-state index in [9.17, 15) is 19.2 Å². The zero-order chi connectivity index (χ0) is 71.6. The maximum atomic E-state index is 16.9. The molecule has 0 saturated carbocycles. The van der Waals surface area contributed by atoms with Crippen molar-refractivity contribution in [3.63, 3.8) is 0 Å². The van der Waals surface area contributed by atoms with E-state index >= 15 is 4.57 Å². The Balaban J connectivity index is 1.21. The molecule has 2 fully saturated rings. The molecule has 31 nitrogen and oxygen atoms in total. The van der Waals surface area contributed by atoms with Crippen LogP contribution in [0.2, 0.25) is 5.02 Å². The number of rotatable bonds is 45. The van der Waals surface area contributed by atoms with E-state index in [1.807, 2.05) is 54.6 Å². The molecule has 0 amide bonds. The van der Waals surface area contributed by atoms with E-state index in [4.69, 9.17) is 110 Å². The fourth-order valence-corrected chi connectivity index (χ4v) is 12.7. The highest BCUT2D eigenvalue weighted by molar-refractivity contribution is 7.49. The van der Waals surface area contributed by atoms with Gasteiger partial charge in [-0.05, 0) is 65.2 Å². The number of methoxy groups -OCH3 is 7. The first-order valence-corrected chi connectivity index (χ1v) is 33.9. The number of benzene rings is 4. The lowest BCUT2D eigenvalue weighted by molar-refractivity contribution is -0.172. The number of pyridine rings is 1. The van der Waals surface area contributed by atoms with Crippen molar-refractivity contribution in [3.05, 3.63) is 197 Å². The van der Waals surface area contributed by atoms with Crippen LogP contribution in [0.1, 0.15) is 29.1 Å². The lowest BCUT2D eigenvalue weighted by Crippen LogP contribution is -2.45. The Hall–Kier alpha value is -7.15. The van der Waals surface area contributed by atoms with Gasteiger partial charge in [0.1, 0.15) is 93.1 Å². The number of hydrogen-bond acceptors (Lipinski definition) is 27. The zero-order valence-corrected chi connectivity index (χ0v) is 58.7. The first-order valence-electron chi connectivity index (χ1n) is 32.0. The largest absolute Gasteiger partial charge is 0.530 e. The number of aromatic nitrogens is 5. The number of phosphoric ester groups is 1. The minimum absolute atomic E-state index is 0.0173. The molecule has 7 aromatic rings. The summed E-state index contributed by atoms with van der Waals surface area (Å²) < 4.78 is 148. The van der Waals surface area contributed by atoms with Crippen molar-refractivity contribution in [2.24, 2.45) is 0 Å². The van der Waals surface area contributed by atoms with Crippen LogP contribution in [-0.2, 0) is 108 Å². The molecule has 4 aromatic carbocycles. The maximum absolute atomic E-state index is 16.9. The van der Waals surface area contributed by atoms with E-state index in [0.717, 1.165) is 30.4 Å². The summed E-state index contributed by atoms with van der Waals surface area (Å²) >= 11 is 6.78. The summed E-state index contributed by atoms with van der Waals surface area (Å²) in [6, 6.07) is 32.3. The molecule has 550 valence electrons. The van der Waals surface area contributed by atoms with Crippen molar-refractivity contribution in [2.75, 3.05) is 149 Å². The van der Waals surface area contributed by atoms with Crippen LogP contribution in [0.25, 0.3) is 10.9 Å². The van der Waals surface area contributed by atoms with Crippen molar-refractivity contribution in [1.82, 2.24) is 23.3 Å². The van der Waals surface area contributed by atoms with Crippen molar-refractivity contribution in [3.8, 4) is 17.2 Å². The Bertz CT molecular complexity index is 3920. The van der Waals surface area contributed by atoms with Crippen LogP contribution in [0.5, 0.6) is 17.2 Å². The van der Waals surface area contributed by atoms with E-state index < -0.39 is 132 Å². The SMILES string of the molecule is COCCOCO[C@@H]1[C@H](OCOCCOC)[C@@H](COP(=O)(Oc2ccc(Cl)c3cccnc23)O[C@H]2[C@@H](OCOCCOC)[C@H](n3ccc(=O)n(COCCOC)c3=O)O[C@@H]2COC(c2ccccc2)(c2ccc(OC)cc2)c2ccc(OC)cc2)O[C@H]1n1ccc(=O)n(COCCOC)c1=O. The second-order valence-corrected chi connectivity index (χ2v) is 24.3. The summed E-state index contributed by atoms with van der Waals surface area (Å²) in [5.74, 6) is 0.937. The van der Waals surface area contributed by atoms with E-state index in [1.54, 1.807) is 50.6 Å². The fraction of sp³-hybridized carbons (Fsp3) is 0.485. The van der Waals surface area contributed by atoms with E-state index in [-0.39, 0.29) is 82.4 Å². The molecular weight excluding hydrogens is 1370 g/mol. The highest BCUT2D eigenvalue weighted by Gasteiger charge is 2.55. The first kappa shape index (κ1) is 78.0. The molecule has 101 heavy (non-hydrogen) atoms. The molecule has 0 bridgehead atoms. The number of ether oxygens (including phenoxy) is 18. The van der Waals surface area contributed by atoms with Gasteiger partial charge < -0.3 is 89.8 Å². The summed E-state index contributed by atoms with van der Waals surface area (Å²) in [6.07, 6.45) is -7.99. The lowest BCUT2D eigenvalue weighted by Gasteiger charge is -2.37. The molecule has 5 heterocycles. The quantitative estimate of drug-likeness (QED) is 0.0185. The molecule has 33 heteroatoms. The second-order valence-electron chi connectivity index (χ2n) is 22.3. The maximum Gasteiger partial charge on any atom is 0.530 e. The van der Waals surface area contributed by atoms with Gasteiger partial charge in [0.2, 0.25) is 0 Å². The minimum atomic E-state index is -5.43. The lowest BCUT2D eigenvalue weighted by atomic mass is 9.80. The molecule has 0 spiro atoms. The van der Waals surface area contributed by atoms with Gasteiger partial charge in [0, 0.05) is 71.7 Å². The monoisotopic (exact) mass is 1450 g/mol. The van der Waals surface area contributed by atoms with E-state index in [1.165, 1.54) is 66.3 Å².